The molecule has 3 rings (SSSR count). The molecule has 5 heteroatoms. The minimum Gasteiger partial charge on any atom is -0.444 e. The standard InChI is InChI=1S/C18H29N3O2/c1-13-12-16(21(19-13)14-8-7-9-14)15-10-5-6-11-20(15)17(22)23-18(2,3)4/h12,14-15H,5-11H2,1-4H3. The molecule has 2 aliphatic rings. The molecule has 2 fully saturated rings. The topological polar surface area (TPSA) is 47.4 Å². The Balaban J connectivity index is 1.85. The molecule has 128 valence electrons. The summed E-state index contributed by atoms with van der Waals surface area (Å²) in [6.07, 6.45) is 6.69. The highest BCUT2D eigenvalue weighted by Crippen LogP contribution is 2.38. The minimum atomic E-state index is -0.455. The summed E-state index contributed by atoms with van der Waals surface area (Å²) in [5, 5.41) is 4.71. The smallest absolute Gasteiger partial charge is 0.410 e. The highest BCUT2D eigenvalue weighted by molar-refractivity contribution is 5.69. The summed E-state index contributed by atoms with van der Waals surface area (Å²) in [4.78, 5) is 14.6. The minimum absolute atomic E-state index is 0.0976. The Morgan fingerprint density at radius 1 is 1.22 bits per heavy atom. The van der Waals surface area contributed by atoms with E-state index in [9.17, 15) is 4.79 Å². The Kier molecular flexibility index (Phi) is 4.39. The summed E-state index contributed by atoms with van der Waals surface area (Å²) in [7, 11) is 0. The Hall–Kier alpha value is -1.52. The second-order valence-electron chi connectivity index (χ2n) is 7.93. The first-order chi connectivity index (χ1) is 10.8. The van der Waals surface area contributed by atoms with Gasteiger partial charge < -0.3 is 4.74 Å². The first-order valence-electron chi connectivity index (χ1n) is 8.91. The quantitative estimate of drug-likeness (QED) is 0.813. The largest absolute Gasteiger partial charge is 0.444 e. The van der Waals surface area contributed by atoms with Crippen LogP contribution in [0.4, 0.5) is 4.79 Å². The molecule has 2 heterocycles. The molecule has 1 aliphatic heterocycles. The average Bonchev–Trinajstić information content (AvgIpc) is 2.76. The number of rotatable bonds is 2. The van der Waals surface area contributed by atoms with E-state index in [0.717, 1.165) is 31.5 Å². The molecule has 1 saturated carbocycles. The molecule has 23 heavy (non-hydrogen) atoms. The molecule has 0 bridgehead atoms. The summed E-state index contributed by atoms with van der Waals surface area (Å²) in [6.45, 7) is 8.58. The van der Waals surface area contributed by atoms with Crippen molar-refractivity contribution in [2.45, 2.75) is 83.9 Å². The molecule has 1 unspecified atom stereocenters. The zero-order valence-electron chi connectivity index (χ0n) is 14.8. The molecule has 1 atom stereocenters. The van der Waals surface area contributed by atoms with Gasteiger partial charge in [0.2, 0.25) is 0 Å². The molecule has 1 aromatic heterocycles. The van der Waals surface area contributed by atoms with Crippen LogP contribution in [0.15, 0.2) is 6.07 Å². The van der Waals surface area contributed by atoms with E-state index < -0.39 is 5.60 Å². The molecule has 1 amide bonds. The monoisotopic (exact) mass is 319 g/mol. The van der Waals surface area contributed by atoms with Crippen molar-refractivity contribution >= 4 is 6.09 Å². The fourth-order valence-electron chi connectivity index (χ4n) is 3.49. The Morgan fingerprint density at radius 3 is 2.57 bits per heavy atom. The third-order valence-corrected chi connectivity index (χ3v) is 4.78. The van der Waals surface area contributed by atoms with Crippen molar-refractivity contribution < 1.29 is 9.53 Å². The second kappa shape index (κ2) is 6.17. The lowest BCUT2D eigenvalue weighted by Crippen LogP contribution is -2.42. The van der Waals surface area contributed by atoms with Crippen LogP contribution >= 0.6 is 0 Å². The van der Waals surface area contributed by atoms with Gasteiger partial charge in [0.1, 0.15) is 5.60 Å². The van der Waals surface area contributed by atoms with Crippen molar-refractivity contribution in [2.24, 2.45) is 0 Å². The van der Waals surface area contributed by atoms with E-state index >= 15 is 0 Å². The number of carbonyl (C=O) groups excluding carboxylic acids is 1. The number of aromatic nitrogens is 2. The van der Waals surface area contributed by atoms with Gasteiger partial charge in [0.15, 0.2) is 0 Å². The van der Waals surface area contributed by atoms with Gasteiger partial charge in [0.25, 0.3) is 0 Å². The predicted molar refractivity (Wildman–Crippen MR) is 89.4 cm³/mol. The van der Waals surface area contributed by atoms with Crippen molar-refractivity contribution in [2.75, 3.05) is 6.54 Å². The molecule has 1 aliphatic carbocycles. The summed E-state index contributed by atoms with van der Waals surface area (Å²) in [6, 6.07) is 2.77. The van der Waals surface area contributed by atoms with Crippen LogP contribution < -0.4 is 0 Å². The van der Waals surface area contributed by atoms with Crippen LogP contribution in [0.25, 0.3) is 0 Å². The molecule has 1 aromatic rings. The molecule has 0 N–H and O–H groups in total. The van der Waals surface area contributed by atoms with Gasteiger partial charge in [0, 0.05) is 6.54 Å². The number of carbonyl (C=O) groups is 1. The van der Waals surface area contributed by atoms with Crippen LogP contribution in [0.2, 0.25) is 0 Å². The van der Waals surface area contributed by atoms with Gasteiger partial charge in [-0.1, -0.05) is 0 Å². The lowest BCUT2D eigenvalue weighted by Gasteiger charge is -2.38. The van der Waals surface area contributed by atoms with Gasteiger partial charge >= 0.3 is 6.09 Å². The molecular formula is C18H29N3O2. The SMILES string of the molecule is Cc1cc(C2CCCCN2C(=O)OC(C)(C)C)n(C2CCC2)n1. The zero-order chi connectivity index (χ0) is 16.6. The Labute approximate surface area is 139 Å². The van der Waals surface area contributed by atoms with Gasteiger partial charge in [-0.15, -0.1) is 0 Å². The van der Waals surface area contributed by atoms with Gasteiger partial charge in [-0.05, 0) is 72.3 Å². The summed E-state index contributed by atoms with van der Waals surface area (Å²) in [5.41, 5.74) is 1.78. The maximum atomic E-state index is 12.6. The van der Waals surface area contributed by atoms with Gasteiger partial charge in [-0.2, -0.15) is 5.10 Å². The van der Waals surface area contributed by atoms with E-state index in [1.807, 2.05) is 32.6 Å². The predicted octanol–water partition coefficient (Wildman–Crippen LogP) is 4.38. The molecule has 5 nitrogen and oxygen atoms in total. The second-order valence-corrected chi connectivity index (χ2v) is 7.93. The number of aryl methyl sites for hydroxylation is 1. The maximum absolute atomic E-state index is 12.6. The van der Waals surface area contributed by atoms with Crippen molar-refractivity contribution in [3.63, 3.8) is 0 Å². The van der Waals surface area contributed by atoms with Crippen LogP contribution in [-0.2, 0) is 4.74 Å². The number of ether oxygens (including phenoxy) is 1. The van der Waals surface area contributed by atoms with Crippen molar-refractivity contribution in [1.29, 1.82) is 0 Å². The molecule has 1 saturated heterocycles. The van der Waals surface area contributed by atoms with Crippen LogP contribution in [-0.4, -0.2) is 32.9 Å². The van der Waals surface area contributed by atoms with E-state index in [0.29, 0.717) is 6.04 Å². The third-order valence-electron chi connectivity index (χ3n) is 4.78. The van der Waals surface area contributed by atoms with Crippen molar-refractivity contribution in [1.82, 2.24) is 14.7 Å². The van der Waals surface area contributed by atoms with Gasteiger partial charge in [0.05, 0.1) is 23.5 Å². The first-order valence-corrected chi connectivity index (χ1v) is 8.91. The number of piperidine rings is 1. The fraction of sp³-hybridized carbons (Fsp3) is 0.778. The van der Waals surface area contributed by atoms with Gasteiger partial charge in [-0.25, -0.2) is 4.79 Å². The Bertz CT molecular complexity index is 569. The molecule has 0 aromatic carbocycles. The summed E-state index contributed by atoms with van der Waals surface area (Å²) >= 11 is 0. The van der Waals surface area contributed by atoms with E-state index in [1.54, 1.807) is 0 Å². The van der Waals surface area contributed by atoms with Crippen LogP contribution in [0.3, 0.4) is 0 Å². The zero-order valence-corrected chi connectivity index (χ0v) is 14.8. The number of likely N-dealkylation sites (tertiary alicyclic amines) is 1. The third kappa shape index (κ3) is 3.54. The maximum Gasteiger partial charge on any atom is 0.410 e. The lowest BCUT2D eigenvalue weighted by molar-refractivity contribution is 0.00801. The Morgan fingerprint density at radius 2 is 1.96 bits per heavy atom. The lowest BCUT2D eigenvalue weighted by atomic mass is 9.92. The van der Waals surface area contributed by atoms with E-state index in [4.69, 9.17) is 9.84 Å². The normalized spacial score (nSPS) is 22.8. The van der Waals surface area contributed by atoms with E-state index in [-0.39, 0.29) is 12.1 Å². The number of hydrogen-bond acceptors (Lipinski definition) is 3. The highest BCUT2D eigenvalue weighted by Gasteiger charge is 2.35. The van der Waals surface area contributed by atoms with Crippen LogP contribution in [0, 0.1) is 6.92 Å². The van der Waals surface area contributed by atoms with Crippen molar-refractivity contribution in [3.8, 4) is 0 Å². The van der Waals surface area contributed by atoms with Crippen LogP contribution in [0.5, 0.6) is 0 Å². The fourth-order valence-corrected chi connectivity index (χ4v) is 3.49. The number of nitrogens with zero attached hydrogens (tertiary/aromatic N) is 3. The summed E-state index contributed by atoms with van der Waals surface area (Å²) in [5.74, 6) is 0. The molecular weight excluding hydrogens is 290 g/mol. The number of hydrogen-bond donors (Lipinski definition) is 0. The molecule has 0 spiro atoms. The highest BCUT2D eigenvalue weighted by atomic mass is 16.6. The van der Waals surface area contributed by atoms with Gasteiger partial charge in [-0.3, -0.25) is 9.58 Å². The van der Waals surface area contributed by atoms with E-state index in [2.05, 4.69) is 10.7 Å². The first kappa shape index (κ1) is 16.3. The number of amides is 1. The van der Waals surface area contributed by atoms with Crippen molar-refractivity contribution in [3.05, 3.63) is 17.5 Å². The average molecular weight is 319 g/mol. The summed E-state index contributed by atoms with van der Waals surface area (Å²) < 4.78 is 7.82. The van der Waals surface area contributed by atoms with E-state index in [1.165, 1.54) is 25.0 Å². The molecule has 0 radical (unpaired) electrons. The van der Waals surface area contributed by atoms with Crippen LogP contribution in [0.1, 0.15) is 82.8 Å².